The van der Waals surface area contributed by atoms with Gasteiger partial charge in [-0.05, 0) is 12.3 Å². The van der Waals surface area contributed by atoms with Gasteiger partial charge in [0.1, 0.15) is 4.34 Å². The number of hydrogen-bond acceptors (Lipinski definition) is 6. The van der Waals surface area contributed by atoms with Crippen molar-refractivity contribution in [2.45, 2.75) is 5.16 Å². The highest BCUT2D eigenvalue weighted by molar-refractivity contribution is 7.98. The summed E-state index contributed by atoms with van der Waals surface area (Å²) in [6.45, 7) is 0. The maximum absolute atomic E-state index is 6.01. The first kappa shape index (κ1) is 11.9. The molecule has 0 fully saturated rings. The zero-order valence-corrected chi connectivity index (χ0v) is 11.2. The Morgan fingerprint density at radius 3 is 2.62 bits per heavy atom. The van der Waals surface area contributed by atoms with Gasteiger partial charge in [-0.1, -0.05) is 35.0 Å². The average Bonchev–Trinajstić information content (AvgIpc) is 2.57. The van der Waals surface area contributed by atoms with E-state index in [0.29, 0.717) is 25.2 Å². The van der Waals surface area contributed by atoms with Crippen LogP contribution in [0, 0.1) is 0 Å². The standard InChI is InChI=1S/C8H6Cl2N4S2/c1-15-8-13-6(12-7(11)14-8)3-2-4(9)16-5(3)10/h2H,1H3,(H2,11,12,13,14). The number of aromatic nitrogens is 3. The smallest absolute Gasteiger partial charge is 0.224 e. The second-order valence-electron chi connectivity index (χ2n) is 2.74. The summed E-state index contributed by atoms with van der Waals surface area (Å²) in [5, 5.41) is 0.556. The topological polar surface area (TPSA) is 64.7 Å². The largest absolute Gasteiger partial charge is 0.368 e. The zero-order chi connectivity index (χ0) is 11.7. The van der Waals surface area contributed by atoms with Gasteiger partial charge in [0, 0.05) is 0 Å². The average molecular weight is 293 g/mol. The lowest BCUT2D eigenvalue weighted by atomic mass is 10.3. The Hall–Kier alpha value is -0.560. The van der Waals surface area contributed by atoms with E-state index < -0.39 is 0 Å². The van der Waals surface area contributed by atoms with Crippen molar-refractivity contribution in [2.75, 3.05) is 12.0 Å². The van der Waals surface area contributed by atoms with Gasteiger partial charge in [0.15, 0.2) is 11.0 Å². The van der Waals surface area contributed by atoms with Gasteiger partial charge in [-0.3, -0.25) is 0 Å². The van der Waals surface area contributed by atoms with E-state index in [1.165, 1.54) is 23.1 Å². The van der Waals surface area contributed by atoms with Crippen molar-refractivity contribution in [3.05, 3.63) is 14.7 Å². The number of hydrogen-bond donors (Lipinski definition) is 1. The minimum Gasteiger partial charge on any atom is -0.368 e. The van der Waals surface area contributed by atoms with Crippen molar-refractivity contribution in [1.82, 2.24) is 15.0 Å². The predicted octanol–water partition coefficient (Wildman–Crippen LogP) is 3.21. The predicted molar refractivity (Wildman–Crippen MR) is 69.4 cm³/mol. The van der Waals surface area contributed by atoms with Gasteiger partial charge in [0.2, 0.25) is 5.95 Å². The minimum atomic E-state index is 0.174. The van der Waals surface area contributed by atoms with Gasteiger partial charge in [0.25, 0.3) is 0 Å². The summed E-state index contributed by atoms with van der Waals surface area (Å²) in [6, 6.07) is 1.72. The van der Waals surface area contributed by atoms with Crippen LogP contribution in [0.2, 0.25) is 8.67 Å². The Morgan fingerprint density at radius 2 is 2.06 bits per heavy atom. The summed E-state index contributed by atoms with van der Waals surface area (Å²) in [7, 11) is 0. The summed E-state index contributed by atoms with van der Waals surface area (Å²) in [5.74, 6) is 0.623. The van der Waals surface area contributed by atoms with Crippen LogP contribution in [-0.4, -0.2) is 21.2 Å². The lowest BCUT2D eigenvalue weighted by Gasteiger charge is -2.01. The third kappa shape index (κ3) is 2.40. The van der Waals surface area contributed by atoms with Crippen molar-refractivity contribution in [3.8, 4) is 11.4 Å². The van der Waals surface area contributed by atoms with Crippen LogP contribution in [0.15, 0.2) is 11.2 Å². The fourth-order valence-electron chi connectivity index (χ4n) is 1.08. The first-order valence-corrected chi connectivity index (χ1v) is 6.90. The Morgan fingerprint density at radius 1 is 1.31 bits per heavy atom. The highest BCUT2D eigenvalue weighted by Gasteiger charge is 2.13. The second-order valence-corrected chi connectivity index (χ2v) is 5.80. The molecule has 0 bridgehead atoms. The summed E-state index contributed by atoms with van der Waals surface area (Å²) in [5.41, 5.74) is 6.26. The van der Waals surface area contributed by atoms with Crippen molar-refractivity contribution in [1.29, 1.82) is 0 Å². The van der Waals surface area contributed by atoms with Crippen molar-refractivity contribution in [3.63, 3.8) is 0 Å². The highest BCUT2D eigenvalue weighted by Crippen LogP contribution is 2.36. The van der Waals surface area contributed by atoms with Crippen LogP contribution in [0.3, 0.4) is 0 Å². The monoisotopic (exact) mass is 292 g/mol. The van der Waals surface area contributed by atoms with Gasteiger partial charge >= 0.3 is 0 Å². The van der Waals surface area contributed by atoms with Crippen LogP contribution >= 0.6 is 46.3 Å². The molecule has 0 atom stereocenters. The molecular weight excluding hydrogens is 287 g/mol. The van der Waals surface area contributed by atoms with E-state index in [1.807, 2.05) is 6.26 Å². The molecule has 84 valence electrons. The quantitative estimate of drug-likeness (QED) is 0.861. The molecule has 0 spiro atoms. The van der Waals surface area contributed by atoms with E-state index in [1.54, 1.807) is 6.07 Å². The molecule has 0 amide bonds. The van der Waals surface area contributed by atoms with Crippen LogP contribution in [0.5, 0.6) is 0 Å². The molecule has 2 aromatic rings. The third-order valence-electron chi connectivity index (χ3n) is 1.71. The van der Waals surface area contributed by atoms with Crippen molar-refractivity contribution in [2.24, 2.45) is 0 Å². The van der Waals surface area contributed by atoms with Gasteiger partial charge < -0.3 is 5.73 Å². The van der Waals surface area contributed by atoms with Crippen LogP contribution in [0.25, 0.3) is 11.4 Å². The maximum atomic E-state index is 6.01. The third-order valence-corrected chi connectivity index (χ3v) is 3.75. The number of nitrogen functional groups attached to an aromatic ring is 1. The first-order chi connectivity index (χ1) is 7.60. The zero-order valence-electron chi connectivity index (χ0n) is 8.07. The minimum absolute atomic E-state index is 0.174. The molecular formula is C8H6Cl2N4S2. The number of thiophene rings is 1. The fraction of sp³-hybridized carbons (Fsp3) is 0.125. The molecule has 0 aromatic carbocycles. The first-order valence-electron chi connectivity index (χ1n) is 4.11. The molecule has 0 saturated carbocycles. The normalized spacial score (nSPS) is 10.7. The molecule has 2 heterocycles. The summed E-state index contributed by atoms with van der Waals surface area (Å²) < 4.78 is 1.13. The lowest BCUT2D eigenvalue weighted by molar-refractivity contribution is 0.928. The molecule has 0 aliphatic carbocycles. The Balaban J connectivity index is 2.55. The molecule has 8 heteroatoms. The van der Waals surface area contributed by atoms with E-state index in [2.05, 4.69) is 15.0 Å². The molecule has 2 rings (SSSR count). The van der Waals surface area contributed by atoms with E-state index in [9.17, 15) is 0 Å². The fourth-order valence-corrected chi connectivity index (χ4v) is 2.89. The maximum Gasteiger partial charge on any atom is 0.224 e. The van der Waals surface area contributed by atoms with Gasteiger partial charge in [0.05, 0.1) is 9.90 Å². The van der Waals surface area contributed by atoms with Gasteiger partial charge in [-0.2, -0.15) is 9.97 Å². The van der Waals surface area contributed by atoms with Crippen LogP contribution in [-0.2, 0) is 0 Å². The number of rotatable bonds is 2. The lowest BCUT2D eigenvalue weighted by Crippen LogP contribution is -2.00. The molecule has 2 N–H and O–H groups in total. The van der Waals surface area contributed by atoms with Crippen molar-refractivity contribution >= 4 is 52.2 Å². The Labute approximate surface area is 110 Å². The number of nitrogens with zero attached hydrogens (tertiary/aromatic N) is 3. The van der Waals surface area contributed by atoms with Crippen LogP contribution in [0.4, 0.5) is 5.95 Å². The summed E-state index contributed by atoms with van der Waals surface area (Å²) in [6.07, 6.45) is 1.86. The number of thioether (sulfide) groups is 1. The molecule has 4 nitrogen and oxygen atoms in total. The summed E-state index contributed by atoms with van der Waals surface area (Å²) >= 11 is 14.5. The number of halogens is 2. The molecule has 0 aliphatic heterocycles. The molecule has 16 heavy (non-hydrogen) atoms. The van der Waals surface area contributed by atoms with Gasteiger partial charge in [-0.15, -0.1) is 11.3 Å². The van der Waals surface area contributed by atoms with E-state index in [4.69, 9.17) is 28.9 Å². The van der Waals surface area contributed by atoms with E-state index in [0.717, 1.165) is 0 Å². The summed E-state index contributed by atoms with van der Waals surface area (Å²) in [4.78, 5) is 12.2. The van der Waals surface area contributed by atoms with E-state index >= 15 is 0 Å². The second kappa shape index (κ2) is 4.75. The highest BCUT2D eigenvalue weighted by atomic mass is 35.5. The van der Waals surface area contributed by atoms with Crippen molar-refractivity contribution < 1.29 is 0 Å². The number of nitrogens with two attached hydrogens (primary N) is 1. The molecule has 0 unspecified atom stereocenters. The molecule has 2 aromatic heterocycles. The SMILES string of the molecule is CSc1nc(N)nc(-c2cc(Cl)sc2Cl)n1. The Kier molecular flexibility index (Phi) is 3.53. The molecule has 0 saturated heterocycles. The van der Waals surface area contributed by atoms with Crippen LogP contribution < -0.4 is 5.73 Å². The molecule has 0 aliphatic rings. The Bertz CT molecular complexity index is 529. The molecule has 0 radical (unpaired) electrons. The van der Waals surface area contributed by atoms with Crippen LogP contribution in [0.1, 0.15) is 0 Å². The van der Waals surface area contributed by atoms with Gasteiger partial charge in [-0.25, -0.2) is 4.98 Å². The van der Waals surface area contributed by atoms with E-state index in [-0.39, 0.29) is 5.95 Å². The number of anilines is 1.